The fourth-order valence-electron chi connectivity index (χ4n) is 3.00. The SMILES string of the molecule is COC(=O)COc1c(C)cc(CNCc2coc(-c3ccccc3)n2)cc1C. The van der Waals surface area contributed by atoms with Crippen LogP contribution in [0, 0.1) is 13.8 Å². The number of nitrogens with one attached hydrogen (secondary N) is 1. The molecule has 1 heterocycles. The Bertz CT molecular complexity index is 912. The van der Waals surface area contributed by atoms with Gasteiger partial charge in [-0.3, -0.25) is 0 Å². The average molecular weight is 380 g/mol. The van der Waals surface area contributed by atoms with E-state index in [-0.39, 0.29) is 6.61 Å². The van der Waals surface area contributed by atoms with Gasteiger partial charge in [0, 0.05) is 18.7 Å². The van der Waals surface area contributed by atoms with Gasteiger partial charge in [0.1, 0.15) is 12.0 Å². The molecular formula is C22H24N2O4. The van der Waals surface area contributed by atoms with E-state index < -0.39 is 5.97 Å². The van der Waals surface area contributed by atoms with Crippen LogP contribution in [0.25, 0.3) is 11.5 Å². The molecule has 6 heteroatoms. The maximum Gasteiger partial charge on any atom is 0.343 e. The number of nitrogens with zero attached hydrogens (tertiary/aromatic N) is 1. The number of benzene rings is 2. The second kappa shape index (κ2) is 9.19. The first-order chi connectivity index (χ1) is 13.6. The maximum absolute atomic E-state index is 11.3. The molecule has 28 heavy (non-hydrogen) atoms. The van der Waals surface area contributed by atoms with Crippen molar-refractivity contribution >= 4 is 5.97 Å². The summed E-state index contributed by atoms with van der Waals surface area (Å²) in [4.78, 5) is 15.8. The van der Waals surface area contributed by atoms with Crippen LogP contribution in [0.15, 0.2) is 53.1 Å². The molecule has 3 aromatic rings. The van der Waals surface area contributed by atoms with E-state index in [0.29, 0.717) is 19.0 Å². The molecule has 6 nitrogen and oxygen atoms in total. The molecule has 1 aromatic heterocycles. The minimum absolute atomic E-state index is 0.0916. The van der Waals surface area contributed by atoms with Gasteiger partial charge in [-0.15, -0.1) is 0 Å². The minimum atomic E-state index is -0.396. The van der Waals surface area contributed by atoms with Crippen molar-refractivity contribution in [1.29, 1.82) is 0 Å². The summed E-state index contributed by atoms with van der Waals surface area (Å²) in [5.41, 5.74) is 4.90. The summed E-state index contributed by atoms with van der Waals surface area (Å²) in [6.07, 6.45) is 1.68. The van der Waals surface area contributed by atoms with Gasteiger partial charge in [-0.1, -0.05) is 30.3 Å². The Morgan fingerprint density at radius 1 is 1.11 bits per heavy atom. The van der Waals surface area contributed by atoms with Crippen molar-refractivity contribution in [3.63, 3.8) is 0 Å². The van der Waals surface area contributed by atoms with Gasteiger partial charge in [0.2, 0.25) is 5.89 Å². The molecule has 0 aliphatic heterocycles. The summed E-state index contributed by atoms with van der Waals surface area (Å²) < 4.78 is 15.7. The van der Waals surface area contributed by atoms with E-state index >= 15 is 0 Å². The Balaban J connectivity index is 1.56. The summed E-state index contributed by atoms with van der Waals surface area (Å²) in [5.74, 6) is 0.946. The van der Waals surface area contributed by atoms with Gasteiger partial charge >= 0.3 is 5.97 Å². The zero-order valence-electron chi connectivity index (χ0n) is 16.3. The molecule has 146 valence electrons. The lowest BCUT2D eigenvalue weighted by Gasteiger charge is -2.13. The lowest BCUT2D eigenvalue weighted by atomic mass is 10.1. The highest BCUT2D eigenvalue weighted by Gasteiger charge is 2.10. The molecule has 0 saturated heterocycles. The molecule has 0 saturated carbocycles. The topological polar surface area (TPSA) is 73.6 Å². The number of aryl methyl sites for hydroxylation is 2. The largest absolute Gasteiger partial charge is 0.481 e. The minimum Gasteiger partial charge on any atom is -0.481 e. The van der Waals surface area contributed by atoms with Crippen LogP contribution < -0.4 is 10.1 Å². The van der Waals surface area contributed by atoms with Crippen molar-refractivity contribution in [2.75, 3.05) is 13.7 Å². The van der Waals surface area contributed by atoms with Crippen molar-refractivity contribution in [3.8, 4) is 17.2 Å². The normalized spacial score (nSPS) is 10.7. The quantitative estimate of drug-likeness (QED) is 0.599. The van der Waals surface area contributed by atoms with Gasteiger partial charge in [-0.05, 0) is 42.7 Å². The zero-order valence-corrected chi connectivity index (χ0v) is 16.3. The van der Waals surface area contributed by atoms with Crippen LogP contribution >= 0.6 is 0 Å². The number of rotatable bonds is 8. The van der Waals surface area contributed by atoms with Gasteiger partial charge in [0.15, 0.2) is 6.61 Å². The Morgan fingerprint density at radius 3 is 2.50 bits per heavy atom. The van der Waals surface area contributed by atoms with Crippen LogP contribution in [-0.4, -0.2) is 24.7 Å². The number of esters is 1. The number of carbonyl (C=O) groups excluding carboxylic acids is 1. The molecule has 0 bridgehead atoms. The summed E-state index contributed by atoms with van der Waals surface area (Å²) in [7, 11) is 1.35. The summed E-state index contributed by atoms with van der Waals surface area (Å²) in [5, 5.41) is 3.38. The van der Waals surface area contributed by atoms with Gasteiger partial charge in [0.05, 0.1) is 12.8 Å². The number of ether oxygens (including phenoxy) is 2. The highest BCUT2D eigenvalue weighted by atomic mass is 16.6. The number of hydrogen-bond donors (Lipinski definition) is 1. The van der Waals surface area contributed by atoms with Crippen LogP contribution in [0.2, 0.25) is 0 Å². The van der Waals surface area contributed by atoms with E-state index in [0.717, 1.165) is 33.7 Å². The molecule has 0 fully saturated rings. The van der Waals surface area contributed by atoms with Gasteiger partial charge in [0.25, 0.3) is 0 Å². The van der Waals surface area contributed by atoms with E-state index in [2.05, 4.69) is 15.0 Å². The molecule has 0 spiro atoms. The molecule has 0 atom stereocenters. The summed E-state index contributed by atoms with van der Waals surface area (Å²) >= 11 is 0. The molecule has 0 unspecified atom stereocenters. The van der Waals surface area contributed by atoms with E-state index in [9.17, 15) is 4.79 Å². The Morgan fingerprint density at radius 2 is 1.82 bits per heavy atom. The van der Waals surface area contributed by atoms with Gasteiger partial charge in [-0.25, -0.2) is 9.78 Å². The monoisotopic (exact) mass is 380 g/mol. The lowest BCUT2D eigenvalue weighted by Crippen LogP contribution is -2.15. The van der Waals surface area contributed by atoms with Crippen molar-refractivity contribution in [3.05, 3.63) is 71.1 Å². The number of methoxy groups -OCH3 is 1. The van der Waals surface area contributed by atoms with Crippen LogP contribution in [0.1, 0.15) is 22.4 Å². The molecule has 0 radical (unpaired) electrons. The molecule has 0 amide bonds. The predicted molar refractivity (Wildman–Crippen MR) is 106 cm³/mol. The highest BCUT2D eigenvalue weighted by Crippen LogP contribution is 2.25. The Labute approximate surface area is 164 Å². The third-order valence-electron chi connectivity index (χ3n) is 4.29. The van der Waals surface area contributed by atoms with E-state index in [4.69, 9.17) is 9.15 Å². The lowest BCUT2D eigenvalue weighted by molar-refractivity contribution is -0.142. The van der Waals surface area contributed by atoms with Crippen LogP contribution in [0.3, 0.4) is 0 Å². The number of carbonyl (C=O) groups is 1. The van der Waals surface area contributed by atoms with Crippen LogP contribution in [0.4, 0.5) is 0 Å². The first kappa shape index (κ1) is 19.6. The highest BCUT2D eigenvalue weighted by molar-refractivity contribution is 5.71. The maximum atomic E-state index is 11.3. The summed E-state index contributed by atoms with van der Waals surface area (Å²) in [6.45, 7) is 5.13. The third-order valence-corrected chi connectivity index (χ3v) is 4.29. The number of aromatic nitrogens is 1. The van der Waals surface area contributed by atoms with Crippen LogP contribution in [0.5, 0.6) is 5.75 Å². The first-order valence-electron chi connectivity index (χ1n) is 9.07. The van der Waals surface area contributed by atoms with Crippen molar-refractivity contribution in [2.45, 2.75) is 26.9 Å². The second-order valence-electron chi connectivity index (χ2n) is 6.54. The van der Waals surface area contributed by atoms with E-state index in [1.165, 1.54) is 7.11 Å². The van der Waals surface area contributed by atoms with Crippen molar-refractivity contribution in [2.24, 2.45) is 0 Å². The van der Waals surface area contributed by atoms with Gasteiger partial charge < -0.3 is 19.2 Å². The number of hydrogen-bond acceptors (Lipinski definition) is 6. The molecule has 1 N–H and O–H groups in total. The molecule has 3 rings (SSSR count). The summed E-state index contributed by atoms with van der Waals surface area (Å²) in [6, 6.07) is 13.9. The Kier molecular flexibility index (Phi) is 6.45. The Hall–Kier alpha value is -3.12. The zero-order chi connectivity index (χ0) is 19.9. The predicted octanol–water partition coefficient (Wildman–Crippen LogP) is 3.80. The van der Waals surface area contributed by atoms with E-state index in [1.54, 1.807) is 6.26 Å². The molecule has 0 aliphatic carbocycles. The standard InChI is InChI=1S/C22H24N2O4/c1-15-9-17(10-16(2)21(15)27-14-20(25)26-3)11-23-12-19-13-28-22(24-19)18-7-5-4-6-8-18/h4-10,13,23H,11-12,14H2,1-3H3. The fraction of sp³-hybridized carbons (Fsp3) is 0.273. The van der Waals surface area contributed by atoms with Crippen molar-refractivity contribution in [1.82, 2.24) is 10.3 Å². The van der Waals surface area contributed by atoms with Gasteiger partial charge in [-0.2, -0.15) is 0 Å². The van der Waals surface area contributed by atoms with Crippen LogP contribution in [-0.2, 0) is 22.6 Å². The smallest absolute Gasteiger partial charge is 0.343 e. The fourth-order valence-corrected chi connectivity index (χ4v) is 3.00. The third kappa shape index (κ3) is 4.98. The molecule has 0 aliphatic rings. The average Bonchev–Trinajstić information content (AvgIpc) is 3.17. The van der Waals surface area contributed by atoms with Crippen molar-refractivity contribution < 1.29 is 18.7 Å². The number of oxazole rings is 1. The first-order valence-corrected chi connectivity index (χ1v) is 9.07. The second-order valence-corrected chi connectivity index (χ2v) is 6.54. The van der Waals surface area contributed by atoms with E-state index in [1.807, 2.05) is 56.3 Å². The molecular weight excluding hydrogens is 356 g/mol. The molecule has 2 aromatic carbocycles.